The van der Waals surface area contributed by atoms with E-state index in [9.17, 15) is 24.0 Å². The van der Waals surface area contributed by atoms with Gasteiger partial charge >= 0.3 is 0 Å². The van der Waals surface area contributed by atoms with E-state index < -0.39 is 41.0 Å². The first-order chi connectivity index (χ1) is 32.5. The quantitative estimate of drug-likeness (QED) is 0.111. The summed E-state index contributed by atoms with van der Waals surface area (Å²) in [4.78, 5) is 70.3. The van der Waals surface area contributed by atoms with Crippen molar-refractivity contribution in [2.75, 3.05) is 48.9 Å². The first-order valence-corrected chi connectivity index (χ1v) is 23.9. The van der Waals surface area contributed by atoms with Gasteiger partial charge in [-0.1, -0.05) is 62.2 Å². The van der Waals surface area contributed by atoms with Gasteiger partial charge in [-0.05, 0) is 102 Å². The number of amides is 5. The average molecular weight is 967 g/mol. The van der Waals surface area contributed by atoms with Crippen molar-refractivity contribution < 1.29 is 37.8 Å². The largest absolute Gasteiger partial charge is 0.495 e. The molecule has 356 valence electrons. The number of nitrogens with zero attached hydrogens (tertiary/aromatic N) is 2. The van der Waals surface area contributed by atoms with E-state index in [2.05, 4.69) is 52.3 Å². The molecule has 4 fully saturated rings. The van der Waals surface area contributed by atoms with E-state index in [1.807, 2.05) is 36.4 Å². The highest BCUT2D eigenvalue weighted by Crippen LogP contribution is 2.57. The predicted molar refractivity (Wildman–Crippen MR) is 256 cm³/mol. The van der Waals surface area contributed by atoms with Gasteiger partial charge in [0.25, 0.3) is 11.8 Å². The summed E-state index contributed by atoms with van der Waals surface area (Å²) in [7, 11) is 1.47. The molecule has 4 aromatic rings. The first kappa shape index (κ1) is 46.0. The molecule has 5 amide bonds. The summed E-state index contributed by atoms with van der Waals surface area (Å²) in [6.07, 6.45) is 2.39. The third-order valence-corrected chi connectivity index (χ3v) is 15.4. The van der Waals surface area contributed by atoms with Crippen molar-refractivity contribution in [3.63, 3.8) is 0 Å². The van der Waals surface area contributed by atoms with E-state index in [1.165, 1.54) is 13.2 Å². The van der Waals surface area contributed by atoms with Gasteiger partial charge < -0.3 is 40.5 Å². The molecule has 0 radical (unpaired) electrons. The molecule has 1 saturated carbocycles. The molecule has 10 rings (SSSR count). The Balaban J connectivity index is 0.848. The molecular formula is C51H54Cl2FN7O7. The Kier molecular flexibility index (Phi) is 11.7. The summed E-state index contributed by atoms with van der Waals surface area (Å²) in [5, 5.41) is 16.3. The number of carbonyl (C=O) groups is 5. The molecule has 6 aliphatic rings. The Morgan fingerprint density at radius 3 is 2.59 bits per heavy atom. The molecular weight excluding hydrogens is 913 g/mol. The van der Waals surface area contributed by atoms with E-state index in [0.29, 0.717) is 79.4 Å². The van der Waals surface area contributed by atoms with Gasteiger partial charge in [0, 0.05) is 77.0 Å². The predicted octanol–water partition coefficient (Wildman–Crippen LogP) is 6.93. The minimum atomic E-state index is -0.910. The number of carbonyl (C=O) groups excluding carboxylic acids is 5. The second-order valence-electron chi connectivity index (χ2n) is 20.3. The van der Waals surface area contributed by atoms with Gasteiger partial charge in [0.05, 0.1) is 42.6 Å². The van der Waals surface area contributed by atoms with Crippen LogP contribution in [0.3, 0.4) is 0 Å². The highest BCUT2D eigenvalue weighted by molar-refractivity contribution is 6.31. The molecule has 0 bridgehead atoms. The zero-order valence-corrected chi connectivity index (χ0v) is 39.8. The van der Waals surface area contributed by atoms with Crippen LogP contribution in [0, 0.1) is 11.2 Å². The summed E-state index contributed by atoms with van der Waals surface area (Å²) in [6.45, 7) is 8.74. The van der Waals surface area contributed by atoms with E-state index in [1.54, 1.807) is 35.2 Å². The third kappa shape index (κ3) is 7.94. The molecule has 5 heterocycles. The van der Waals surface area contributed by atoms with Crippen LogP contribution >= 0.6 is 23.2 Å². The van der Waals surface area contributed by atoms with Crippen LogP contribution in [0.2, 0.25) is 10.0 Å². The lowest BCUT2D eigenvalue weighted by molar-refractivity contribution is -0.137. The molecule has 1 aliphatic carbocycles. The Bertz CT molecular complexity index is 2760. The van der Waals surface area contributed by atoms with Crippen molar-refractivity contribution in [2.24, 2.45) is 5.41 Å². The van der Waals surface area contributed by atoms with Gasteiger partial charge in [0.1, 0.15) is 17.6 Å². The van der Waals surface area contributed by atoms with E-state index in [0.717, 1.165) is 22.5 Å². The van der Waals surface area contributed by atoms with Crippen molar-refractivity contribution in [1.82, 2.24) is 20.9 Å². The molecule has 5 N–H and O–H groups in total. The van der Waals surface area contributed by atoms with E-state index >= 15 is 4.39 Å². The number of piperidine rings is 1. The summed E-state index contributed by atoms with van der Waals surface area (Å²) >= 11 is 12.9. The van der Waals surface area contributed by atoms with Gasteiger partial charge in [0.15, 0.2) is 0 Å². The average Bonchev–Trinajstić information content (AvgIpc) is 3.93. The maximum atomic E-state index is 16.3. The maximum absolute atomic E-state index is 16.3. The number of rotatable bonds is 9. The molecule has 5 atom stereocenters. The van der Waals surface area contributed by atoms with Crippen LogP contribution in [0.4, 0.5) is 21.5 Å². The number of fused-ring (bicyclic) bond motifs is 3. The van der Waals surface area contributed by atoms with Crippen molar-refractivity contribution >= 4 is 69.8 Å². The van der Waals surface area contributed by atoms with Crippen molar-refractivity contribution in [2.45, 2.75) is 100 Å². The Morgan fingerprint density at radius 2 is 1.82 bits per heavy atom. The number of halogens is 3. The van der Waals surface area contributed by atoms with Gasteiger partial charge in [-0.25, -0.2) is 4.39 Å². The monoisotopic (exact) mass is 965 g/mol. The standard InChI is InChI=1S/C51H54Cl2FN7O7/c1-49(2,3)23-40-51(25-55-37-20-29(52)9-12-34(37)51)42(33-6-5-7-35(53)43(33)54)44(58-40)47(65)57-36-13-8-27(19-39(36)67-4)45(63)56-30-21-50(22-30)26-68-17-16-61(50)31-10-11-32-28(18-31)24-60(48(32)66)38-14-15-41(62)59-46(38)64/h5-13,18-20,30,38,40,42,44,55,58H,14-17,21-26H2,1-4H3,(H,56,63)(H,57,65)(H,59,62,64)/t30?,38?,40-,42-,44+,50?,51-/m0/s1. The lowest BCUT2D eigenvalue weighted by Gasteiger charge is -2.57. The minimum Gasteiger partial charge on any atom is -0.495 e. The fourth-order valence-corrected chi connectivity index (χ4v) is 12.2. The van der Waals surface area contributed by atoms with Gasteiger partial charge in [0.2, 0.25) is 17.7 Å². The van der Waals surface area contributed by atoms with Gasteiger partial charge in [-0.3, -0.25) is 29.3 Å². The van der Waals surface area contributed by atoms with Crippen molar-refractivity contribution in [1.29, 1.82) is 0 Å². The smallest absolute Gasteiger partial charge is 0.255 e. The van der Waals surface area contributed by atoms with E-state index in [4.69, 9.17) is 32.7 Å². The summed E-state index contributed by atoms with van der Waals surface area (Å²) in [5.74, 6) is -2.70. The second-order valence-corrected chi connectivity index (χ2v) is 21.2. The van der Waals surface area contributed by atoms with Gasteiger partial charge in [-0.15, -0.1) is 0 Å². The summed E-state index contributed by atoms with van der Waals surface area (Å²) in [6, 6.07) is 19.2. The molecule has 4 aromatic carbocycles. The number of anilines is 3. The Morgan fingerprint density at radius 1 is 1.01 bits per heavy atom. The number of ether oxygens (including phenoxy) is 2. The number of benzene rings is 4. The van der Waals surface area contributed by atoms with E-state index in [-0.39, 0.29) is 64.5 Å². The van der Waals surface area contributed by atoms with Crippen LogP contribution < -0.4 is 36.2 Å². The maximum Gasteiger partial charge on any atom is 0.255 e. The van der Waals surface area contributed by atoms with Crippen LogP contribution in [0.1, 0.15) is 96.2 Å². The number of methoxy groups -OCH3 is 1. The highest BCUT2D eigenvalue weighted by Gasteiger charge is 2.62. The number of imide groups is 1. The highest BCUT2D eigenvalue weighted by atomic mass is 35.5. The lowest BCUT2D eigenvalue weighted by atomic mass is 9.63. The molecule has 17 heteroatoms. The fraction of sp³-hybridized carbons (Fsp3) is 0.431. The zero-order valence-electron chi connectivity index (χ0n) is 38.3. The second kappa shape index (κ2) is 17.3. The van der Waals surface area contributed by atoms with Crippen LogP contribution in [-0.4, -0.2) is 97.6 Å². The molecule has 14 nitrogen and oxygen atoms in total. The molecule has 68 heavy (non-hydrogen) atoms. The molecule has 3 saturated heterocycles. The van der Waals surface area contributed by atoms with Gasteiger partial charge in [-0.2, -0.15) is 0 Å². The summed E-state index contributed by atoms with van der Waals surface area (Å²) < 4.78 is 28.1. The van der Waals surface area contributed by atoms with Crippen molar-refractivity contribution in [3.8, 4) is 5.75 Å². The third-order valence-electron chi connectivity index (χ3n) is 14.9. The molecule has 2 spiro atoms. The van der Waals surface area contributed by atoms with Crippen LogP contribution in [0.5, 0.6) is 5.75 Å². The number of hydrogen-bond acceptors (Lipinski definition) is 10. The lowest BCUT2D eigenvalue weighted by Crippen LogP contribution is -2.68. The van der Waals surface area contributed by atoms with Crippen LogP contribution in [-0.2, 0) is 31.1 Å². The van der Waals surface area contributed by atoms with Crippen LogP contribution in [0.25, 0.3) is 0 Å². The minimum absolute atomic E-state index is 0.0326. The van der Waals surface area contributed by atoms with Crippen molar-refractivity contribution in [3.05, 3.63) is 116 Å². The zero-order chi connectivity index (χ0) is 47.9. The SMILES string of the molecule is COc1cc(C(=O)NC2CC3(COCCN3c3ccc4c(c3)CN(C3CCC(=O)NC3=O)C4=O)C2)ccc1NC(=O)[C@@H]1N[C@@H](CC(C)(C)C)[C@@]2(CNc3cc(Cl)ccc32)[C@H]1c1cccc(Cl)c1F. The molecule has 0 aromatic heterocycles. The molecule has 1 unspecified atom stereocenters. The van der Waals surface area contributed by atoms with Crippen LogP contribution in [0.15, 0.2) is 72.8 Å². The molecule has 5 aliphatic heterocycles. The number of nitrogens with one attached hydrogen (secondary N) is 5. The number of morpholine rings is 1. The Hall–Kier alpha value is -5.74. The first-order valence-electron chi connectivity index (χ1n) is 23.2. The number of hydrogen-bond donors (Lipinski definition) is 5. The Labute approximate surface area is 403 Å². The normalized spacial score (nSPS) is 27.4. The fourth-order valence-electron chi connectivity index (χ4n) is 11.8. The topological polar surface area (TPSA) is 170 Å². The summed E-state index contributed by atoms with van der Waals surface area (Å²) in [5.41, 5.74) is 3.79.